The molecule has 0 fully saturated rings. The van der Waals surface area contributed by atoms with Crippen LogP contribution in [0.2, 0.25) is 0 Å². The number of amides is 1. The van der Waals surface area contributed by atoms with Gasteiger partial charge in [-0.15, -0.1) is 0 Å². The molecule has 1 unspecified atom stereocenters. The first-order valence-electron chi connectivity index (χ1n) is 5.61. The average molecular weight is 260 g/mol. The van der Waals surface area contributed by atoms with Crippen LogP contribution in [-0.4, -0.2) is 18.5 Å². The van der Waals surface area contributed by atoms with Gasteiger partial charge in [-0.1, -0.05) is 0 Å². The Bertz CT molecular complexity index is 414. The van der Waals surface area contributed by atoms with E-state index < -0.39 is 23.4 Å². The van der Waals surface area contributed by atoms with Crippen molar-refractivity contribution in [3.8, 4) is 0 Å². The van der Waals surface area contributed by atoms with Crippen LogP contribution in [0, 0.1) is 17.5 Å². The summed E-state index contributed by atoms with van der Waals surface area (Å²) in [4.78, 5) is 11.6. The smallest absolute Gasteiger partial charge is 0.251 e. The highest BCUT2D eigenvalue weighted by Crippen LogP contribution is 2.13. The van der Waals surface area contributed by atoms with E-state index in [0.29, 0.717) is 25.1 Å². The second-order valence-electron chi connectivity index (χ2n) is 4.06. The van der Waals surface area contributed by atoms with Gasteiger partial charge in [0.15, 0.2) is 17.5 Å². The molecule has 100 valence electrons. The van der Waals surface area contributed by atoms with Gasteiger partial charge in [0, 0.05) is 11.6 Å². The monoisotopic (exact) mass is 260 g/mol. The third-order valence-electron chi connectivity index (χ3n) is 2.46. The molecule has 3 N–H and O–H groups in total. The zero-order chi connectivity index (χ0) is 13.7. The molecule has 1 aromatic carbocycles. The van der Waals surface area contributed by atoms with E-state index in [9.17, 15) is 18.0 Å². The van der Waals surface area contributed by atoms with Crippen LogP contribution in [0.3, 0.4) is 0 Å². The number of benzene rings is 1. The predicted molar refractivity (Wildman–Crippen MR) is 61.5 cm³/mol. The van der Waals surface area contributed by atoms with Crippen molar-refractivity contribution in [2.24, 2.45) is 5.73 Å². The molecule has 1 amide bonds. The van der Waals surface area contributed by atoms with E-state index in [2.05, 4.69) is 5.32 Å². The quantitative estimate of drug-likeness (QED) is 0.795. The molecule has 0 aliphatic rings. The van der Waals surface area contributed by atoms with Crippen molar-refractivity contribution in [3.05, 3.63) is 35.1 Å². The number of hydrogen-bond donors (Lipinski definition) is 2. The average Bonchev–Trinajstić information content (AvgIpc) is 2.32. The lowest BCUT2D eigenvalue weighted by Crippen LogP contribution is -2.33. The van der Waals surface area contributed by atoms with Crippen molar-refractivity contribution in [3.63, 3.8) is 0 Å². The number of halogens is 3. The number of nitrogens with two attached hydrogens (primary N) is 1. The third kappa shape index (κ3) is 3.73. The highest BCUT2D eigenvalue weighted by Gasteiger charge is 2.16. The van der Waals surface area contributed by atoms with E-state index in [1.807, 2.05) is 0 Å². The second-order valence-corrected chi connectivity index (χ2v) is 4.06. The normalized spacial score (nSPS) is 12.3. The molecule has 0 saturated carbocycles. The van der Waals surface area contributed by atoms with Crippen LogP contribution < -0.4 is 11.1 Å². The van der Waals surface area contributed by atoms with Crippen LogP contribution in [0.1, 0.15) is 30.1 Å². The number of rotatable bonds is 5. The zero-order valence-electron chi connectivity index (χ0n) is 9.97. The molecule has 0 radical (unpaired) electrons. The third-order valence-corrected chi connectivity index (χ3v) is 2.46. The summed E-state index contributed by atoms with van der Waals surface area (Å²) >= 11 is 0. The molecule has 0 aromatic heterocycles. The van der Waals surface area contributed by atoms with Crippen molar-refractivity contribution < 1.29 is 18.0 Å². The van der Waals surface area contributed by atoms with Gasteiger partial charge in [0.05, 0.1) is 0 Å². The van der Waals surface area contributed by atoms with Gasteiger partial charge < -0.3 is 11.1 Å². The Morgan fingerprint density at radius 3 is 2.39 bits per heavy atom. The fraction of sp³-hybridized carbons (Fsp3) is 0.417. The van der Waals surface area contributed by atoms with Crippen LogP contribution in [0.5, 0.6) is 0 Å². The van der Waals surface area contributed by atoms with Crippen LogP contribution in [0.15, 0.2) is 12.1 Å². The minimum absolute atomic E-state index is 0.169. The van der Waals surface area contributed by atoms with Gasteiger partial charge in [-0.3, -0.25) is 4.79 Å². The van der Waals surface area contributed by atoms with E-state index in [4.69, 9.17) is 5.73 Å². The first kappa shape index (κ1) is 14.5. The van der Waals surface area contributed by atoms with E-state index in [-0.39, 0.29) is 11.6 Å². The highest BCUT2D eigenvalue weighted by molar-refractivity contribution is 5.94. The summed E-state index contributed by atoms with van der Waals surface area (Å²) in [6.07, 6.45) is 1.39. The number of nitrogens with one attached hydrogen (secondary N) is 1. The van der Waals surface area contributed by atoms with Gasteiger partial charge in [-0.2, -0.15) is 0 Å². The molecule has 6 heteroatoms. The molecule has 0 spiro atoms. The van der Waals surface area contributed by atoms with Crippen LogP contribution in [0.4, 0.5) is 13.2 Å². The summed E-state index contributed by atoms with van der Waals surface area (Å²) < 4.78 is 38.6. The Labute approximate surface area is 103 Å². The molecule has 1 atom stereocenters. The SMILES string of the molecule is CC(CCCN)NC(=O)c1cc(F)c(F)c(F)c1. The molecule has 0 bridgehead atoms. The predicted octanol–water partition coefficient (Wildman–Crippen LogP) is 1.96. The molecule has 3 nitrogen and oxygen atoms in total. The van der Waals surface area contributed by atoms with Crippen molar-refractivity contribution in [2.45, 2.75) is 25.8 Å². The van der Waals surface area contributed by atoms with Crippen LogP contribution in [0.25, 0.3) is 0 Å². The minimum Gasteiger partial charge on any atom is -0.350 e. The van der Waals surface area contributed by atoms with E-state index in [0.717, 1.165) is 6.42 Å². The summed E-state index contributed by atoms with van der Waals surface area (Å²) in [5, 5.41) is 2.55. The Morgan fingerprint density at radius 1 is 1.33 bits per heavy atom. The maximum atomic E-state index is 12.9. The molecule has 1 aromatic rings. The van der Waals surface area contributed by atoms with E-state index in [1.165, 1.54) is 0 Å². The van der Waals surface area contributed by atoms with Gasteiger partial charge in [-0.05, 0) is 38.4 Å². The molecular formula is C12H15F3N2O. The number of carbonyl (C=O) groups is 1. The van der Waals surface area contributed by atoms with Crippen molar-refractivity contribution in [1.82, 2.24) is 5.32 Å². The highest BCUT2D eigenvalue weighted by atomic mass is 19.2. The molecule has 0 aliphatic carbocycles. The first-order chi connectivity index (χ1) is 8.45. The van der Waals surface area contributed by atoms with Crippen LogP contribution in [-0.2, 0) is 0 Å². The molecule has 18 heavy (non-hydrogen) atoms. The number of carbonyl (C=O) groups excluding carboxylic acids is 1. The van der Waals surface area contributed by atoms with Crippen molar-refractivity contribution in [1.29, 1.82) is 0 Å². The lowest BCUT2D eigenvalue weighted by Gasteiger charge is -2.13. The summed E-state index contributed by atoms with van der Waals surface area (Å²) in [5.74, 6) is -4.98. The maximum Gasteiger partial charge on any atom is 0.251 e. The molecule has 1 rings (SSSR count). The van der Waals surface area contributed by atoms with Gasteiger partial charge >= 0.3 is 0 Å². The standard InChI is InChI=1S/C12H15F3N2O/c1-7(3-2-4-16)17-12(18)8-5-9(13)11(15)10(14)6-8/h5-7H,2-4,16H2,1H3,(H,17,18). The Balaban J connectivity index is 2.73. The summed E-state index contributed by atoms with van der Waals surface area (Å²) in [7, 11) is 0. The summed E-state index contributed by atoms with van der Waals surface area (Å²) in [6.45, 7) is 2.25. The fourth-order valence-corrected chi connectivity index (χ4v) is 1.49. The Hall–Kier alpha value is -1.56. The maximum absolute atomic E-state index is 12.9. The summed E-state index contributed by atoms with van der Waals surface area (Å²) in [5.41, 5.74) is 5.08. The topological polar surface area (TPSA) is 55.1 Å². The van der Waals surface area contributed by atoms with Crippen molar-refractivity contribution in [2.75, 3.05) is 6.54 Å². The van der Waals surface area contributed by atoms with E-state index in [1.54, 1.807) is 6.92 Å². The zero-order valence-corrected chi connectivity index (χ0v) is 9.97. The second kappa shape index (κ2) is 6.39. The largest absolute Gasteiger partial charge is 0.350 e. The van der Waals surface area contributed by atoms with Gasteiger partial charge in [0.1, 0.15) is 0 Å². The lowest BCUT2D eigenvalue weighted by molar-refractivity contribution is 0.0937. The molecular weight excluding hydrogens is 245 g/mol. The van der Waals surface area contributed by atoms with Crippen molar-refractivity contribution >= 4 is 5.91 Å². The van der Waals surface area contributed by atoms with Gasteiger partial charge in [-0.25, -0.2) is 13.2 Å². The van der Waals surface area contributed by atoms with Gasteiger partial charge in [0.2, 0.25) is 0 Å². The first-order valence-corrected chi connectivity index (χ1v) is 5.61. The molecule has 0 saturated heterocycles. The Kier molecular flexibility index (Phi) is 5.15. The number of hydrogen-bond acceptors (Lipinski definition) is 2. The van der Waals surface area contributed by atoms with E-state index >= 15 is 0 Å². The lowest BCUT2D eigenvalue weighted by atomic mass is 10.1. The summed E-state index contributed by atoms with van der Waals surface area (Å²) in [6, 6.07) is 1.17. The fourth-order valence-electron chi connectivity index (χ4n) is 1.49. The molecule has 0 heterocycles. The van der Waals surface area contributed by atoms with Crippen LogP contribution >= 0.6 is 0 Å². The minimum atomic E-state index is -1.58. The molecule has 0 aliphatic heterocycles. The Morgan fingerprint density at radius 2 is 1.89 bits per heavy atom. The van der Waals surface area contributed by atoms with Gasteiger partial charge in [0.25, 0.3) is 5.91 Å².